The molecule has 7 heteroatoms. The first-order valence-corrected chi connectivity index (χ1v) is 9.06. The summed E-state index contributed by atoms with van der Waals surface area (Å²) >= 11 is 0. The first-order chi connectivity index (χ1) is 12.5. The summed E-state index contributed by atoms with van der Waals surface area (Å²) in [5.41, 5.74) is 2.82. The molecule has 0 radical (unpaired) electrons. The lowest BCUT2D eigenvalue weighted by molar-refractivity contribution is -0.121. The van der Waals surface area contributed by atoms with Crippen molar-refractivity contribution in [1.29, 1.82) is 0 Å². The van der Waals surface area contributed by atoms with E-state index in [0.29, 0.717) is 24.7 Å². The Balaban J connectivity index is 1.47. The highest BCUT2D eigenvalue weighted by Gasteiger charge is 2.24. The first-order valence-electron chi connectivity index (χ1n) is 9.06. The van der Waals surface area contributed by atoms with Crippen molar-refractivity contribution in [1.82, 2.24) is 20.4 Å². The second-order valence-corrected chi connectivity index (χ2v) is 6.71. The van der Waals surface area contributed by atoms with Crippen LogP contribution in [-0.2, 0) is 17.8 Å². The summed E-state index contributed by atoms with van der Waals surface area (Å²) in [6.07, 6.45) is 3.13. The molecule has 1 aliphatic rings. The normalized spacial score (nSPS) is 17.4. The molecule has 140 valence electrons. The lowest BCUT2D eigenvalue weighted by Gasteiger charge is -2.17. The quantitative estimate of drug-likeness (QED) is 0.816. The van der Waals surface area contributed by atoms with E-state index in [9.17, 15) is 4.79 Å². The molecule has 3 rings (SSSR count). The molecule has 1 N–H and O–H groups in total. The molecular formula is C19H26N4O3. The van der Waals surface area contributed by atoms with Crippen molar-refractivity contribution in [3.05, 3.63) is 40.9 Å². The molecule has 2 aromatic rings. The topological polar surface area (TPSA) is 80.5 Å². The summed E-state index contributed by atoms with van der Waals surface area (Å²) in [6, 6.07) is 4.12. The standard InChI is InChI=1S/C19H26N4O3/c1-4-25-19-6-5-15(10-20-19)11-23-8-7-16(12-23)21-18(24)9-17-13(2)22-26-14(17)3/h5-6,10,16H,4,7-9,11-12H2,1-3H3,(H,21,24)/t16-/m0/s1. The monoisotopic (exact) mass is 358 g/mol. The molecule has 0 bridgehead atoms. The van der Waals surface area contributed by atoms with Gasteiger partial charge in [-0.25, -0.2) is 4.98 Å². The average Bonchev–Trinajstić information content (AvgIpc) is 3.18. The zero-order chi connectivity index (χ0) is 18.5. The Morgan fingerprint density at radius 1 is 1.42 bits per heavy atom. The molecular weight excluding hydrogens is 332 g/mol. The van der Waals surface area contributed by atoms with Crippen LogP contribution in [0.15, 0.2) is 22.9 Å². The molecule has 26 heavy (non-hydrogen) atoms. The fourth-order valence-electron chi connectivity index (χ4n) is 3.28. The number of pyridine rings is 1. The van der Waals surface area contributed by atoms with Crippen LogP contribution in [0.4, 0.5) is 0 Å². The fourth-order valence-corrected chi connectivity index (χ4v) is 3.28. The Morgan fingerprint density at radius 3 is 2.92 bits per heavy atom. The Morgan fingerprint density at radius 2 is 2.27 bits per heavy atom. The number of hydrogen-bond donors (Lipinski definition) is 1. The minimum Gasteiger partial charge on any atom is -0.478 e. The van der Waals surface area contributed by atoms with Crippen LogP contribution < -0.4 is 10.1 Å². The van der Waals surface area contributed by atoms with Crippen LogP contribution in [0.1, 0.15) is 35.9 Å². The molecule has 1 fully saturated rings. The molecule has 1 atom stereocenters. The number of aromatic nitrogens is 2. The molecule has 7 nitrogen and oxygen atoms in total. The van der Waals surface area contributed by atoms with Gasteiger partial charge in [0.25, 0.3) is 0 Å². The predicted octanol–water partition coefficient (Wildman–Crippen LogP) is 2.02. The molecule has 3 heterocycles. The minimum atomic E-state index is 0.0222. The smallest absolute Gasteiger partial charge is 0.224 e. The van der Waals surface area contributed by atoms with Gasteiger partial charge in [0.2, 0.25) is 11.8 Å². The van der Waals surface area contributed by atoms with Gasteiger partial charge in [0.15, 0.2) is 0 Å². The second-order valence-electron chi connectivity index (χ2n) is 6.71. The number of carbonyl (C=O) groups excluding carboxylic acids is 1. The maximum Gasteiger partial charge on any atom is 0.224 e. The van der Waals surface area contributed by atoms with E-state index in [-0.39, 0.29) is 11.9 Å². The van der Waals surface area contributed by atoms with Crippen molar-refractivity contribution in [3.8, 4) is 5.88 Å². The number of rotatable bonds is 7. The van der Waals surface area contributed by atoms with Crippen LogP contribution >= 0.6 is 0 Å². The van der Waals surface area contributed by atoms with Crippen molar-refractivity contribution >= 4 is 5.91 Å². The second kappa shape index (κ2) is 8.31. The fraction of sp³-hybridized carbons (Fsp3) is 0.526. The maximum absolute atomic E-state index is 12.3. The highest BCUT2D eigenvalue weighted by molar-refractivity contribution is 5.79. The molecule has 2 aromatic heterocycles. The molecule has 1 saturated heterocycles. The summed E-state index contributed by atoms with van der Waals surface area (Å²) < 4.78 is 10.5. The molecule has 0 spiro atoms. The first kappa shape index (κ1) is 18.4. The van der Waals surface area contributed by atoms with E-state index in [2.05, 4.69) is 20.4 Å². The van der Waals surface area contributed by atoms with Crippen LogP contribution in [0, 0.1) is 13.8 Å². The Kier molecular flexibility index (Phi) is 5.88. The average molecular weight is 358 g/mol. The van der Waals surface area contributed by atoms with Gasteiger partial charge in [0.05, 0.1) is 18.7 Å². The van der Waals surface area contributed by atoms with Gasteiger partial charge in [-0.05, 0) is 32.8 Å². The lowest BCUT2D eigenvalue weighted by atomic mass is 10.1. The summed E-state index contributed by atoms with van der Waals surface area (Å²) in [7, 11) is 0. The lowest BCUT2D eigenvalue weighted by Crippen LogP contribution is -2.38. The van der Waals surface area contributed by atoms with E-state index in [1.165, 1.54) is 0 Å². The van der Waals surface area contributed by atoms with Crippen molar-refractivity contribution in [3.63, 3.8) is 0 Å². The van der Waals surface area contributed by atoms with E-state index in [1.807, 2.05) is 39.1 Å². The molecule has 0 unspecified atom stereocenters. The van der Waals surface area contributed by atoms with Gasteiger partial charge in [-0.3, -0.25) is 9.69 Å². The third-order valence-electron chi connectivity index (χ3n) is 4.65. The number of carbonyl (C=O) groups is 1. The number of ether oxygens (including phenoxy) is 1. The van der Waals surface area contributed by atoms with Crippen LogP contribution in [0.5, 0.6) is 5.88 Å². The van der Waals surface area contributed by atoms with E-state index >= 15 is 0 Å². The van der Waals surface area contributed by atoms with Crippen molar-refractivity contribution < 1.29 is 14.1 Å². The van der Waals surface area contributed by atoms with Crippen molar-refractivity contribution in [2.45, 2.75) is 46.2 Å². The van der Waals surface area contributed by atoms with E-state index in [4.69, 9.17) is 9.26 Å². The van der Waals surface area contributed by atoms with Gasteiger partial charge in [0, 0.05) is 43.5 Å². The number of hydrogen-bond acceptors (Lipinski definition) is 6. The van der Waals surface area contributed by atoms with Crippen LogP contribution in [0.25, 0.3) is 0 Å². The van der Waals surface area contributed by atoms with E-state index in [0.717, 1.165) is 42.9 Å². The van der Waals surface area contributed by atoms with Crippen LogP contribution in [0.2, 0.25) is 0 Å². The van der Waals surface area contributed by atoms with Crippen LogP contribution in [0.3, 0.4) is 0 Å². The van der Waals surface area contributed by atoms with E-state index < -0.39 is 0 Å². The van der Waals surface area contributed by atoms with E-state index in [1.54, 1.807) is 0 Å². The number of aryl methyl sites for hydroxylation is 2. The molecule has 1 aliphatic heterocycles. The van der Waals surface area contributed by atoms with Crippen molar-refractivity contribution in [2.75, 3.05) is 19.7 Å². The summed E-state index contributed by atoms with van der Waals surface area (Å²) in [4.78, 5) is 18.9. The third-order valence-corrected chi connectivity index (χ3v) is 4.65. The number of nitrogens with one attached hydrogen (secondary N) is 1. The Labute approximate surface area is 153 Å². The summed E-state index contributed by atoms with van der Waals surface area (Å²) in [5.74, 6) is 1.39. The maximum atomic E-state index is 12.3. The van der Waals surface area contributed by atoms with Gasteiger partial charge in [-0.15, -0.1) is 0 Å². The zero-order valence-corrected chi connectivity index (χ0v) is 15.6. The van der Waals surface area contributed by atoms with Gasteiger partial charge < -0.3 is 14.6 Å². The Bertz CT molecular complexity index is 722. The van der Waals surface area contributed by atoms with Gasteiger partial charge in [-0.2, -0.15) is 0 Å². The highest BCUT2D eigenvalue weighted by atomic mass is 16.5. The SMILES string of the molecule is CCOc1ccc(CN2CC[C@H](NC(=O)Cc3c(C)noc3C)C2)cn1. The van der Waals surface area contributed by atoms with Gasteiger partial charge in [0.1, 0.15) is 5.76 Å². The predicted molar refractivity (Wildman–Crippen MR) is 96.9 cm³/mol. The van der Waals surface area contributed by atoms with Gasteiger partial charge >= 0.3 is 0 Å². The minimum absolute atomic E-state index is 0.0222. The summed E-state index contributed by atoms with van der Waals surface area (Å²) in [6.45, 7) is 8.90. The molecule has 0 saturated carbocycles. The molecule has 1 amide bonds. The summed E-state index contributed by atoms with van der Waals surface area (Å²) in [5, 5.41) is 7.03. The molecule has 0 aromatic carbocycles. The largest absolute Gasteiger partial charge is 0.478 e. The highest BCUT2D eigenvalue weighted by Crippen LogP contribution is 2.16. The van der Waals surface area contributed by atoms with Crippen molar-refractivity contribution in [2.24, 2.45) is 0 Å². The number of likely N-dealkylation sites (tertiary alicyclic amines) is 1. The number of nitrogens with zero attached hydrogens (tertiary/aromatic N) is 3. The Hall–Kier alpha value is -2.41. The number of amides is 1. The van der Waals surface area contributed by atoms with Crippen LogP contribution in [-0.4, -0.2) is 46.7 Å². The third kappa shape index (κ3) is 4.60. The molecule has 0 aliphatic carbocycles. The zero-order valence-electron chi connectivity index (χ0n) is 15.6. The van der Waals surface area contributed by atoms with Gasteiger partial charge in [-0.1, -0.05) is 11.2 Å².